The number of nitrogens with zero attached hydrogens (tertiary/aromatic N) is 1. The summed E-state index contributed by atoms with van der Waals surface area (Å²) in [6.45, 7) is 0. The molecule has 3 nitrogen and oxygen atoms in total. The Morgan fingerprint density at radius 2 is 1.81 bits per heavy atom. The van der Waals surface area contributed by atoms with Crippen LogP contribution in [0.3, 0.4) is 0 Å². The molecule has 0 saturated heterocycles. The molecular weight excluding hydrogens is 387 g/mol. The van der Waals surface area contributed by atoms with Crippen LogP contribution < -0.4 is 5.32 Å². The van der Waals surface area contributed by atoms with Crippen molar-refractivity contribution in [3.8, 4) is 0 Å². The molecule has 0 bridgehead atoms. The molecule has 21 heavy (non-hydrogen) atoms. The van der Waals surface area contributed by atoms with E-state index in [9.17, 15) is 8.78 Å². The van der Waals surface area contributed by atoms with E-state index in [4.69, 9.17) is 5.41 Å². The van der Waals surface area contributed by atoms with E-state index in [-0.39, 0.29) is 5.82 Å². The van der Waals surface area contributed by atoms with Crippen LogP contribution in [0.1, 0.15) is 5.69 Å². The predicted molar refractivity (Wildman–Crippen MR) is 87.8 cm³/mol. The largest absolute Gasteiger partial charge is 0.358 e. The fourth-order valence-corrected chi connectivity index (χ4v) is 2.08. The maximum Gasteiger partial charge on any atom is 0.141 e. The zero-order chi connectivity index (χ0) is 15.2. The van der Waals surface area contributed by atoms with E-state index in [1.54, 1.807) is 24.3 Å². The van der Waals surface area contributed by atoms with Crippen molar-refractivity contribution in [2.24, 2.45) is 0 Å². The number of halogens is 3. The van der Waals surface area contributed by atoms with Crippen LogP contribution in [0.2, 0.25) is 0 Å². The summed E-state index contributed by atoms with van der Waals surface area (Å²) in [5.74, 6) is -0.703. The minimum absolute atomic E-state index is 0.312. The van der Waals surface area contributed by atoms with Crippen molar-refractivity contribution < 1.29 is 8.78 Å². The summed E-state index contributed by atoms with van der Waals surface area (Å²) in [5, 5.41) is 10.7. The van der Waals surface area contributed by atoms with Crippen molar-refractivity contribution in [1.82, 2.24) is 4.98 Å². The van der Waals surface area contributed by atoms with Crippen molar-refractivity contribution in [2.45, 2.75) is 6.42 Å². The number of hydrogen-bond acceptors (Lipinski definition) is 3. The van der Waals surface area contributed by atoms with Gasteiger partial charge in [0.15, 0.2) is 0 Å². The first-order valence-electron chi connectivity index (χ1n) is 6.10. The molecule has 0 amide bonds. The summed E-state index contributed by atoms with van der Waals surface area (Å²) in [6.07, 6.45) is 3.22. The monoisotopic (exact) mass is 399 g/mol. The van der Waals surface area contributed by atoms with Crippen LogP contribution in [0, 0.1) is 17.0 Å². The smallest absolute Gasteiger partial charge is 0.141 e. The molecule has 1 aromatic carbocycles. The standard InChI is InChI=1S/C15H12F2IN3/c16-10-1-4-12(5-2-10)21-14(8-15(18)19)7-13-6-3-11(17)9-20-13/h1-6,8-9,19,21H,7H2/b14-8-,19-15?. The first kappa shape index (κ1) is 15.6. The van der Waals surface area contributed by atoms with Gasteiger partial charge in [-0.25, -0.2) is 8.78 Å². The Balaban J connectivity index is 2.16. The lowest BCUT2D eigenvalue weighted by Crippen LogP contribution is -2.06. The van der Waals surface area contributed by atoms with Crippen LogP contribution in [0.15, 0.2) is 54.4 Å². The number of rotatable bonds is 5. The molecule has 0 spiro atoms. The van der Waals surface area contributed by atoms with Crippen LogP contribution in [0.25, 0.3) is 0 Å². The zero-order valence-corrected chi connectivity index (χ0v) is 13.1. The Morgan fingerprint density at radius 3 is 2.38 bits per heavy atom. The summed E-state index contributed by atoms with van der Waals surface area (Å²) < 4.78 is 26.1. The van der Waals surface area contributed by atoms with Crippen LogP contribution in [0.4, 0.5) is 14.5 Å². The highest BCUT2D eigenvalue weighted by Crippen LogP contribution is 2.15. The number of nitrogens with one attached hydrogen (secondary N) is 2. The number of hydrogen-bond donors (Lipinski definition) is 2. The van der Waals surface area contributed by atoms with Gasteiger partial charge in [0, 0.05) is 23.5 Å². The first-order chi connectivity index (χ1) is 10.0. The molecule has 0 saturated carbocycles. The Kier molecular flexibility index (Phi) is 5.38. The van der Waals surface area contributed by atoms with Crippen LogP contribution in [-0.4, -0.2) is 8.70 Å². The molecule has 2 rings (SSSR count). The van der Waals surface area contributed by atoms with E-state index in [1.165, 1.54) is 18.2 Å². The topological polar surface area (TPSA) is 48.8 Å². The van der Waals surface area contributed by atoms with Gasteiger partial charge in [-0.3, -0.25) is 10.4 Å². The molecule has 0 fully saturated rings. The van der Waals surface area contributed by atoms with Gasteiger partial charge in [0.05, 0.1) is 9.92 Å². The molecule has 1 aromatic heterocycles. The molecule has 0 radical (unpaired) electrons. The van der Waals surface area contributed by atoms with Gasteiger partial charge < -0.3 is 5.32 Å². The Bertz CT molecular complexity index is 602. The van der Waals surface area contributed by atoms with Crippen molar-refractivity contribution in [1.29, 1.82) is 5.41 Å². The third kappa shape index (κ3) is 5.22. The van der Waals surface area contributed by atoms with Crippen LogP contribution in [0.5, 0.6) is 0 Å². The average Bonchev–Trinajstić information content (AvgIpc) is 2.43. The highest BCUT2D eigenvalue weighted by atomic mass is 127. The second-order valence-corrected chi connectivity index (χ2v) is 5.46. The van der Waals surface area contributed by atoms with E-state index in [0.717, 1.165) is 11.9 Å². The SMILES string of the molecule is N=C(I)/C=C(/Cc1ccc(F)cn1)Nc1ccc(F)cc1. The van der Waals surface area contributed by atoms with Crippen molar-refractivity contribution in [3.63, 3.8) is 0 Å². The summed E-state index contributed by atoms with van der Waals surface area (Å²) in [6, 6.07) is 8.85. The van der Waals surface area contributed by atoms with Crippen LogP contribution >= 0.6 is 22.6 Å². The van der Waals surface area contributed by atoms with Crippen molar-refractivity contribution >= 4 is 32.0 Å². The summed E-state index contributed by atoms with van der Waals surface area (Å²) in [5.41, 5.74) is 2.11. The minimum Gasteiger partial charge on any atom is -0.358 e. The maximum atomic E-state index is 12.9. The first-order valence-corrected chi connectivity index (χ1v) is 7.18. The number of aromatic nitrogens is 1. The molecule has 0 aliphatic rings. The highest BCUT2D eigenvalue weighted by molar-refractivity contribution is 14.1. The van der Waals surface area contributed by atoms with Gasteiger partial charge in [0.2, 0.25) is 0 Å². The Morgan fingerprint density at radius 1 is 1.14 bits per heavy atom. The quantitative estimate of drug-likeness (QED) is 0.582. The third-order valence-corrected chi connectivity index (χ3v) is 2.92. The van der Waals surface area contributed by atoms with Gasteiger partial charge in [-0.2, -0.15) is 0 Å². The number of allylic oxidation sites excluding steroid dienone is 2. The number of pyridine rings is 1. The molecule has 108 valence electrons. The van der Waals surface area contributed by atoms with E-state index >= 15 is 0 Å². The Labute approximate surface area is 134 Å². The number of benzene rings is 1. The molecule has 0 aliphatic carbocycles. The van der Waals surface area contributed by atoms with Crippen molar-refractivity contribution in [3.05, 3.63) is 71.7 Å². The maximum absolute atomic E-state index is 12.9. The molecule has 2 aromatic rings. The molecule has 0 atom stereocenters. The molecule has 6 heteroatoms. The van der Waals surface area contributed by atoms with Gasteiger partial charge in [0.1, 0.15) is 11.6 Å². The molecule has 0 unspecified atom stereocenters. The summed E-state index contributed by atoms with van der Waals surface area (Å²) in [4.78, 5) is 3.99. The molecule has 2 N–H and O–H groups in total. The Hall–Kier alpha value is -1.83. The van der Waals surface area contributed by atoms with Crippen LogP contribution in [-0.2, 0) is 6.42 Å². The van der Waals surface area contributed by atoms with Gasteiger partial charge in [-0.15, -0.1) is 0 Å². The molecular formula is C15H12F2IN3. The lowest BCUT2D eigenvalue weighted by molar-refractivity contribution is 0.619. The molecule has 1 heterocycles. The normalized spacial score (nSPS) is 11.3. The lowest BCUT2D eigenvalue weighted by atomic mass is 10.2. The van der Waals surface area contributed by atoms with Gasteiger partial charge >= 0.3 is 0 Å². The third-order valence-electron chi connectivity index (χ3n) is 2.61. The molecule has 0 aliphatic heterocycles. The average molecular weight is 399 g/mol. The van der Waals surface area contributed by atoms with Gasteiger partial charge in [0.25, 0.3) is 0 Å². The van der Waals surface area contributed by atoms with Gasteiger partial charge in [-0.05, 0) is 65.1 Å². The minimum atomic E-state index is -0.391. The summed E-state index contributed by atoms with van der Waals surface area (Å²) >= 11 is 1.88. The highest BCUT2D eigenvalue weighted by Gasteiger charge is 2.04. The zero-order valence-electron chi connectivity index (χ0n) is 10.9. The van der Waals surface area contributed by atoms with E-state index in [0.29, 0.717) is 21.5 Å². The second kappa shape index (κ2) is 7.26. The second-order valence-electron chi connectivity index (χ2n) is 4.29. The predicted octanol–water partition coefficient (Wildman–Crippen LogP) is 4.31. The lowest BCUT2D eigenvalue weighted by Gasteiger charge is -2.11. The summed E-state index contributed by atoms with van der Waals surface area (Å²) in [7, 11) is 0. The number of anilines is 1. The van der Waals surface area contributed by atoms with Gasteiger partial charge in [-0.1, -0.05) is 0 Å². The van der Waals surface area contributed by atoms with E-state index in [1.807, 2.05) is 22.6 Å². The van der Waals surface area contributed by atoms with Crippen molar-refractivity contribution in [2.75, 3.05) is 5.32 Å². The van der Waals surface area contributed by atoms with E-state index in [2.05, 4.69) is 10.3 Å². The fourth-order valence-electron chi connectivity index (χ4n) is 1.71. The van der Waals surface area contributed by atoms with E-state index < -0.39 is 5.82 Å². The fraction of sp³-hybridized carbons (Fsp3) is 0.0667.